The Morgan fingerprint density at radius 1 is 1.30 bits per heavy atom. The van der Waals surface area contributed by atoms with Crippen LogP contribution >= 0.6 is 11.3 Å². The van der Waals surface area contributed by atoms with Crippen molar-refractivity contribution in [3.05, 3.63) is 10.6 Å². The first-order valence-electron chi connectivity index (χ1n) is 7.74. The number of hydrogen-bond acceptors (Lipinski definition) is 4. The van der Waals surface area contributed by atoms with E-state index in [2.05, 4.69) is 39.5 Å². The van der Waals surface area contributed by atoms with Crippen molar-refractivity contribution < 1.29 is 0 Å². The molecule has 0 aliphatic carbocycles. The highest BCUT2D eigenvalue weighted by Gasteiger charge is 2.31. The van der Waals surface area contributed by atoms with E-state index in [0.717, 1.165) is 13.1 Å². The fourth-order valence-electron chi connectivity index (χ4n) is 2.79. The van der Waals surface area contributed by atoms with Gasteiger partial charge in [0, 0.05) is 29.9 Å². The average Bonchev–Trinajstić information content (AvgIpc) is 2.84. The summed E-state index contributed by atoms with van der Waals surface area (Å²) < 4.78 is 0. The quantitative estimate of drug-likeness (QED) is 0.919. The zero-order chi connectivity index (χ0) is 15.0. The maximum absolute atomic E-state index is 5.91. The summed E-state index contributed by atoms with van der Waals surface area (Å²) in [6, 6.07) is 0. The molecule has 1 aromatic rings. The maximum atomic E-state index is 5.91. The highest BCUT2D eigenvalue weighted by molar-refractivity contribution is 7.15. The SMILES string of the molecule is CCC1(C)CCN(c2nc(C(C)(C)C)c(CN)s2)CC1. The van der Waals surface area contributed by atoms with Gasteiger partial charge in [-0.3, -0.25) is 0 Å². The van der Waals surface area contributed by atoms with Crippen molar-refractivity contribution in [2.45, 2.75) is 65.8 Å². The normalized spacial score (nSPS) is 19.4. The van der Waals surface area contributed by atoms with Crippen LogP contribution in [0.1, 0.15) is 64.5 Å². The fraction of sp³-hybridized carbons (Fsp3) is 0.812. The Balaban J connectivity index is 2.17. The molecular weight excluding hydrogens is 266 g/mol. The number of hydrogen-bond donors (Lipinski definition) is 1. The summed E-state index contributed by atoms with van der Waals surface area (Å²) in [5.74, 6) is 0. The lowest BCUT2D eigenvalue weighted by Crippen LogP contribution is -2.38. The first kappa shape index (κ1) is 15.8. The van der Waals surface area contributed by atoms with E-state index in [0.29, 0.717) is 12.0 Å². The predicted octanol–water partition coefficient (Wildman–Crippen LogP) is 3.92. The van der Waals surface area contributed by atoms with Crippen molar-refractivity contribution in [3.8, 4) is 0 Å². The van der Waals surface area contributed by atoms with Crippen molar-refractivity contribution in [1.82, 2.24) is 4.98 Å². The molecule has 2 heterocycles. The number of anilines is 1. The van der Waals surface area contributed by atoms with Gasteiger partial charge in [0.05, 0.1) is 5.69 Å². The smallest absolute Gasteiger partial charge is 0.185 e. The molecule has 0 radical (unpaired) electrons. The van der Waals surface area contributed by atoms with E-state index in [1.54, 1.807) is 11.3 Å². The Morgan fingerprint density at radius 3 is 2.30 bits per heavy atom. The molecule has 4 heteroatoms. The molecule has 1 aliphatic heterocycles. The van der Waals surface area contributed by atoms with Crippen molar-refractivity contribution in [2.24, 2.45) is 11.1 Å². The maximum Gasteiger partial charge on any atom is 0.185 e. The van der Waals surface area contributed by atoms with E-state index in [-0.39, 0.29) is 5.41 Å². The second kappa shape index (κ2) is 5.64. The second-order valence-electron chi connectivity index (χ2n) is 7.37. The highest BCUT2D eigenvalue weighted by atomic mass is 32.1. The van der Waals surface area contributed by atoms with Gasteiger partial charge in [-0.15, -0.1) is 11.3 Å². The summed E-state index contributed by atoms with van der Waals surface area (Å²) in [6.45, 7) is 14.2. The summed E-state index contributed by atoms with van der Waals surface area (Å²) in [7, 11) is 0. The molecule has 1 aromatic heterocycles. The van der Waals surface area contributed by atoms with E-state index < -0.39 is 0 Å². The molecule has 0 saturated carbocycles. The van der Waals surface area contributed by atoms with Crippen LogP contribution in [0.3, 0.4) is 0 Å². The predicted molar refractivity (Wildman–Crippen MR) is 88.6 cm³/mol. The number of thiazole rings is 1. The fourth-order valence-corrected chi connectivity index (χ4v) is 3.99. The third-order valence-electron chi connectivity index (χ3n) is 4.68. The Bertz CT molecular complexity index is 451. The van der Waals surface area contributed by atoms with Crippen LogP contribution in [0, 0.1) is 5.41 Å². The van der Waals surface area contributed by atoms with Gasteiger partial charge in [0.1, 0.15) is 0 Å². The molecule has 1 fully saturated rings. The lowest BCUT2D eigenvalue weighted by Gasteiger charge is -2.38. The minimum absolute atomic E-state index is 0.0805. The largest absolute Gasteiger partial charge is 0.348 e. The lowest BCUT2D eigenvalue weighted by atomic mass is 9.78. The van der Waals surface area contributed by atoms with E-state index in [9.17, 15) is 0 Å². The molecule has 2 N–H and O–H groups in total. The summed E-state index contributed by atoms with van der Waals surface area (Å²) in [5, 5.41) is 1.17. The van der Waals surface area contributed by atoms with Gasteiger partial charge in [-0.1, -0.05) is 41.0 Å². The zero-order valence-corrected chi connectivity index (χ0v) is 14.4. The van der Waals surface area contributed by atoms with Gasteiger partial charge in [-0.25, -0.2) is 4.98 Å². The van der Waals surface area contributed by atoms with Gasteiger partial charge in [-0.2, -0.15) is 0 Å². The van der Waals surface area contributed by atoms with Crippen LogP contribution in [-0.2, 0) is 12.0 Å². The van der Waals surface area contributed by atoms with Crippen LogP contribution in [-0.4, -0.2) is 18.1 Å². The molecule has 0 spiro atoms. The third kappa shape index (κ3) is 3.17. The van der Waals surface area contributed by atoms with Crippen LogP contribution in [0.2, 0.25) is 0 Å². The Morgan fingerprint density at radius 2 is 1.90 bits per heavy atom. The number of piperidine rings is 1. The monoisotopic (exact) mass is 295 g/mol. The first-order valence-corrected chi connectivity index (χ1v) is 8.56. The summed E-state index contributed by atoms with van der Waals surface area (Å²) in [5.41, 5.74) is 7.70. The molecular formula is C16H29N3S. The van der Waals surface area contributed by atoms with Crippen LogP contribution in [0.25, 0.3) is 0 Å². The molecule has 0 bridgehead atoms. The molecule has 3 nitrogen and oxygen atoms in total. The molecule has 2 rings (SSSR count). The Kier molecular flexibility index (Phi) is 4.45. The second-order valence-corrected chi connectivity index (χ2v) is 8.44. The molecule has 0 atom stereocenters. The van der Waals surface area contributed by atoms with Crippen LogP contribution in [0.5, 0.6) is 0 Å². The van der Waals surface area contributed by atoms with Gasteiger partial charge >= 0.3 is 0 Å². The Labute approximate surface area is 127 Å². The van der Waals surface area contributed by atoms with Crippen molar-refractivity contribution in [2.75, 3.05) is 18.0 Å². The standard InChI is InChI=1S/C16H29N3S/c1-6-16(5)7-9-19(10-8-16)14-18-13(15(2,3)4)12(11-17)20-14/h6-11,17H2,1-5H3. The van der Waals surface area contributed by atoms with Crippen molar-refractivity contribution >= 4 is 16.5 Å². The van der Waals surface area contributed by atoms with E-state index in [1.165, 1.54) is 35.0 Å². The van der Waals surface area contributed by atoms with Crippen LogP contribution in [0.15, 0.2) is 0 Å². The minimum atomic E-state index is 0.0805. The molecule has 20 heavy (non-hydrogen) atoms. The molecule has 0 unspecified atom stereocenters. The van der Waals surface area contributed by atoms with Crippen LogP contribution in [0.4, 0.5) is 5.13 Å². The topological polar surface area (TPSA) is 42.2 Å². The highest BCUT2D eigenvalue weighted by Crippen LogP contribution is 2.39. The van der Waals surface area contributed by atoms with Gasteiger partial charge in [-0.05, 0) is 18.3 Å². The summed E-state index contributed by atoms with van der Waals surface area (Å²) in [4.78, 5) is 8.62. The Hall–Kier alpha value is -0.610. The number of nitrogens with two attached hydrogens (primary N) is 1. The molecule has 1 aliphatic rings. The minimum Gasteiger partial charge on any atom is -0.348 e. The summed E-state index contributed by atoms with van der Waals surface area (Å²) >= 11 is 1.79. The van der Waals surface area contributed by atoms with Crippen molar-refractivity contribution in [3.63, 3.8) is 0 Å². The number of nitrogens with zero attached hydrogens (tertiary/aromatic N) is 2. The third-order valence-corrected chi connectivity index (χ3v) is 5.81. The summed E-state index contributed by atoms with van der Waals surface area (Å²) in [6.07, 6.45) is 3.82. The van der Waals surface area contributed by atoms with Gasteiger partial charge in [0.25, 0.3) is 0 Å². The van der Waals surface area contributed by atoms with Crippen LogP contribution < -0.4 is 10.6 Å². The molecule has 1 saturated heterocycles. The van der Waals surface area contributed by atoms with E-state index >= 15 is 0 Å². The van der Waals surface area contributed by atoms with E-state index in [4.69, 9.17) is 10.7 Å². The van der Waals surface area contributed by atoms with E-state index in [1.807, 2.05) is 0 Å². The molecule has 114 valence electrons. The number of rotatable bonds is 3. The van der Waals surface area contributed by atoms with Gasteiger partial charge < -0.3 is 10.6 Å². The average molecular weight is 295 g/mol. The van der Waals surface area contributed by atoms with Gasteiger partial charge in [0.2, 0.25) is 0 Å². The number of aromatic nitrogens is 1. The zero-order valence-electron chi connectivity index (χ0n) is 13.6. The molecule has 0 amide bonds. The van der Waals surface area contributed by atoms with Gasteiger partial charge in [0.15, 0.2) is 5.13 Å². The first-order chi connectivity index (χ1) is 9.29. The lowest BCUT2D eigenvalue weighted by molar-refractivity contribution is 0.238. The van der Waals surface area contributed by atoms with Crippen molar-refractivity contribution in [1.29, 1.82) is 0 Å². The molecule has 0 aromatic carbocycles.